The number of anilines is 1. The monoisotopic (exact) mass is 381 g/mol. The third-order valence-electron chi connectivity index (χ3n) is 4.50. The summed E-state index contributed by atoms with van der Waals surface area (Å²) in [5, 5.41) is 10.5. The van der Waals surface area contributed by atoms with Crippen LogP contribution in [0.2, 0.25) is 5.02 Å². The van der Waals surface area contributed by atoms with Crippen molar-refractivity contribution in [2.75, 3.05) is 11.4 Å². The molecule has 140 valence electrons. The first-order valence-corrected chi connectivity index (χ1v) is 9.56. The predicted molar refractivity (Wildman–Crippen MR) is 111 cm³/mol. The topological polar surface area (TPSA) is 49.2 Å². The first-order chi connectivity index (χ1) is 13.1. The van der Waals surface area contributed by atoms with E-state index >= 15 is 0 Å². The Morgan fingerprint density at radius 3 is 2.56 bits per heavy atom. The molecule has 0 unspecified atom stereocenters. The number of aromatic nitrogens is 2. The Bertz CT molecular complexity index is 896. The molecule has 0 saturated carbocycles. The highest BCUT2D eigenvalue weighted by molar-refractivity contribution is 6.30. The van der Waals surface area contributed by atoms with Crippen molar-refractivity contribution in [2.24, 2.45) is 0 Å². The van der Waals surface area contributed by atoms with Gasteiger partial charge in [-0.3, -0.25) is 4.98 Å². The Hall–Kier alpha value is -2.59. The van der Waals surface area contributed by atoms with Gasteiger partial charge in [0.1, 0.15) is 11.6 Å². The highest BCUT2D eigenvalue weighted by atomic mass is 35.5. The minimum Gasteiger partial charge on any atom is -0.508 e. The maximum atomic E-state index is 9.77. The number of unbranched alkanes of at least 4 members (excludes halogenated alkanes) is 1. The Morgan fingerprint density at radius 2 is 1.85 bits per heavy atom. The lowest BCUT2D eigenvalue weighted by Gasteiger charge is -2.24. The van der Waals surface area contributed by atoms with Gasteiger partial charge >= 0.3 is 0 Å². The second-order valence-corrected chi connectivity index (χ2v) is 7.10. The SMILES string of the molecule is CCCCN(Cc1ccc(O)c(C)c1)c1cncc(-c2ccc(Cl)cc2)n1. The Morgan fingerprint density at radius 1 is 1.07 bits per heavy atom. The minimum absolute atomic E-state index is 0.323. The Kier molecular flexibility index (Phi) is 6.30. The van der Waals surface area contributed by atoms with Gasteiger partial charge in [-0.25, -0.2) is 4.98 Å². The molecule has 27 heavy (non-hydrogen) atoms. The number of aryl methyl sites for hydroxylation is 1. The molecule has 0 saturated heterocycles. The number of phenolic OH excluding ortho intramolecular Hbond substituents is 1. The number of benzene rings is 2. The fourth-order valence-electron chi connectivity index (χ4n) is 2.93. The fourth-order valence-corrected chi connectivity index (χ4v) is 3.05. The van der Waals surface area contributed by atoms with E-state index in [0.717, 1.165) is 54.1 Å². The molecule has 1 heterocycles. The van der Waals surface area contributed by atoms with Crippen molar-refractivity contribution in [1.29, 1.82) is 0 Å². The summed E-state index contributed by atoms with van der Waals surface area (Å²) in [4.78, 5) is 11.5. The second kappa shape index (κ2) is 8.87. The van der Waals surface area contributed by atoms with Crippen molar-refractivity contribution in [3.05, 3.63) is 71.0 Å². The van der Waals surface area contributed by atoms with E-state index in [2.05, 4.69) is 16.8 Å². The molecule has 0 bridgehead atoms. The number of halogens is 1. The molecule has 0 radical (unpaired) electrons. The molecule has 2 aromatic carbocycles. The van der Waals surface area contributed by atoms with Crippen LogP contribution in [0.4, 0.5) is 5.82 Å². The van der Waals surface area contributed by atoms with Crippen LogP contribution in [0, 0.1) is 6.92 Å². The van der Waals surface area contributed by atoms with E-state index in [9.17, 15) is 5.11 Å². The summed E-state index contributed by atoms with van der Waals surface area (Å²) in [6.45, 7) is 5.71. The van der Waals surface area contributed by atoms with Crippen LogP contribution < -0.4 is 4.90 Å². The van der Waals surface area contributed by atoms with Crippen molar-refractivity contribution >= 4 is 17.4 Å². The van der Waals surface area contributed by atoms with E-state index in [1.165, 1.54) is 0 Å². The van der Waals surface area contributed by atoms with E-state index < -0.39 is 0 Å². The number of phenols is 1. The number of hydrogen-bond donors (Lipinski definition) is 1. The van der Waals surface area contributed by atoms with Crippen LogP contribution in [-0.4, -0.2) is 21.6 Å². The van der Waals surface area contributed by atoms with E-state index in [-0.39, 0.29) is 0 Å². The molecule has 0 fully saturated rings. The van der Waals surface area contributed by atoms with E-state index in [1.54, 1.807) is 12.3 Å². The largest absolute Gasteiger partial charge is 0.508 e. The molecular formula is C22H24ClN3O. The van der Waals surface area contributed by atoms with Gasteiger partial charge < -0.3 is 10.0 Å². The maximum absolute atomic E-state index is 9.77. The zero-order chi connectivity index (χ0) is 19.2. The molecule has 4 nitrogen and oxygen atoms in total. The third kappa shape index (κ3) is 4.98. The number of rotatable bonds is 7. The summed E-state index contributed by atoms with van der Waals surface area (Å²) >= 11 is 5.99. The summed E-state index contributed by atoms with van der Waals surface area (Å²) in [6, 6.07) is 13.4. The molecule has 0 aliphatic rings. The van der Waals surface area contributed by atoms with E-state index in [1.807, 2.05) is 49.5 Å². The maximum Gasteiger partial charge on any atom is 0.148 e. The molecule has 1 aromatic heterocycles. The predicted octanol–water partition coefficient (Wildman–Crippen LogP) is 5.62. The number of hydrogen-bond acceptors (Lipinski definition) is 4. The molecule has 0 aliphatic carbocycles. The van der Waals surface area contributed by atoms with Gasteiger partial charge in [-0.05, 0) is 42.7 Å². The lowest BCUT2D eigenvalue weighted by molar-refractivity contribution is 0.471. The van der Waals surface area contributed by atoms with Crippen LogP contribution >= 0.6 is 11.6 Å². The van der Waals surface area contributed by atoms with Gasteiger partial charge in [-0.15, -0.1) is 0 Å². The second-order valence-electron chi connectivity index (χ2n) is 6.67. The van der Waals surface area contributed by atoms with Crippen molar-refractivity contribution in [1.82, 2.24) is 9.97 Å². The molecular weight excluding hydrogens is 358 g/mol. The van der Waals surface area contributed by atoms with Crippen LogP contribution in [0.25, 0.3) is 11.3 Å². The lowest BCUT2D eigenvalue weighted by Crippen LogP contribution is -2.25. The van der Waals surface area contributed by atoms with E-state index in [4.69, 9.17) is 16.6 Å². The summed E-state index contributed by atoms with van der Waals surface area (Å²) in [5.74, 6) is 1.17. The molecule has 0 atom stereocenters. The smallest absolute Gasteiger partial charge is 0.148 e. The molecule has 0 amide bonds. The number of aromatic hydroxyl groups is 1. The highest BCUT2D eigenvalue weighted by Gasteiger charge is 2.12. The zero-order valence-corrected chi connectivity index (χ0v) is 16.4. The first kappa shape index (κ1) is 19.2. The van der Waals surface area contributed by atoms with Crippen LogP contribution in [0.1, 0.15) is 30.9 Å². The van der Waals surface area contributed by atoms with Crippen molar-refractivity contribution in [3.63, 3.8) is 0 Å². The summed E-state index contributed by atoms with van der Waals surface area (Å²) in [5.41, 5.74) is 3.83. The summed E-state index contributed by atoms with van der Waals surface area (Å²) in [6.07, 6.45) is 5.76. The molecule has 1 N–H and O–H groups in total. The van der Waals surface area contributed by atoms with Gasteiger partial charge in [0.25, 0.3) is 0 Å². The molecule has 3 rings (SSSR count). The van der Waals surface area contributed by atoms with Crippen LogP contribution in [0.5, 0.6) is 5.75 Å². The van der Waals surface area contributed by atoms with Gasteiger partial charge in [-0.1, -0.05) is 49.2 Å². The van der Waals surface area contributed by atoms with Crippen LogP contribution in [-0.2, 0) is 6.54 Å². The Balaban J connectivity index is 1.88. The average Bonchev–Trinajstić information content (AvgIpc) is 2.68. The van der Waals surface area contributed by atoms with E-state index in [0.29, 0.717) is 10.8 Å². The minimum atomic E-state index is 0.323. The molecule has 0 aliphatic heterocycles. The third-order valence-corrected chi connectivity index (χ3v) is 4.75. The number of nitrogens with zero attached hydrogens (tertiary/aromatic N) is 3. The standard InChI is InChI=1S/C22H24ClN3O/c1-3-4-11-26(15-17-5-10-21(27)16(2)12-17)22-14-24-13-20(25-22)18-6-8-19(23)9-7-18/h5-10,12-14,27H,3-4,11,15H2,1-2H3. The molecule has 0 spiro atoms. The average molecular weight is 382 g/mol. The van der Waals surface area contributed by atoms with Gasteiger partial charge in [-0.2, -0.15) is 0 Å². The van der Waals surface area contributed by atoms with Crippen molar-refractivity contribution in [2.45, 2.75) is 33.2 Å². The molecule has 5 heteroatoms. The van der Waals surface area contributed by atoms with Crippen molar-refractivity contribution < 1.29 is 5.11 Å². The zero-order valence-electron chi connectivity index (χ0n) is 15.7. The first-order valence-electron chi connectivity index (χ1n) is 9.18. The van der Waals surface area contributed by atoms with Gasteiger partial charge in [0, 0.05) is 23.7 Å². The van der Waals surface area contributed by atoms with Gasteiger partial charge in [0.15, 0.2) is 0 Å². The highest BCUT2D eigenvalue weighted by Crippen LogP contribution is 2.24. The van der Waals surface area contributed by atoms with Gasteiger partial charge in [0.2, 0.25) is 0 Å². The summed E-state index contributed by atoms with van der Waals surface area (Å²) in [7, 11) is 0. The van der Waals surface area contributed by atoms with Crippen LogP contribution in [0.3, 0.4) is 0 Å². The van der Waals surface area contributed by atoms with Crippen molar-refractivity contribution in [3.8, 4) is 17.0 Å². The Labute approximate surface area is 165 Å². The van der Waals surface area contributed by atoms with Gasteiger partial charge in [0.05, 0.1) is 18.1 Å². The summed E-state index contributed by atoms with van der Waals surface area (Å²) < 4.78 is 0. The normalized spacial score (nSPS) is 10.8. The van der Waals surface area contributed by atoms with Crippen LogP contribution in [0.15, 0.2) is 54.9 Å². The quantitative estimate of drug-likeness (QED) is 0.577. The molecule has 3 aromatic rings. The fraction of sp³-hybridized carbons (Fsp3) is 0.273. The lowest BCUT2D eigenvalue weighted by atomic mass is 10.1.